The van der Waals surface area contributed by atoms with Crippen LogP contribution in [0.2, 0.25) is 0 Å². The normalized spacial score (nSPS) is 12.7. The lowest BCUT2D eigenvalue weighted by Crippen LogP contribution is -2.01. The summed E-state index contributed by atoms with van der Waals surface area (Å²) < 4.78 is 1.08. The van der Waals surface area contributed by atoms with Gasteiger partial charge in [-0.2, -0.15) is 0 Å². The number of halogens is 1. The molecule has 0 amide bonds. The molecule has 1 heterocycles. The second kappa shape index (κ2) is 5.45. The molecule has 1 aromatic heterocycles. The first kappa shape index (κ1) is 12.9. The Balaban J connectivity index is 1.95. The summed E-state index contributed by atoms with van der Waals surface area (Å²) in [6.45, 7) is 0. The summed E-state index contributed by atoms with van der Waals surface area (Å²) in [5.41, 5.74) is 1.00. The topological polar surface area (TPSA) is 20.2 Å². The summed E-state index contributed by atoms with van der Waals surface area (Å²) in [7, 11) is 0. The standard InChI is InChI=1S/C16H13BrOS/c17-12-8-13(19-10-12)9-16(18)15-7-3-5-11-4-1-2-6-14(11)15/h1-8,10,16,18H,9H2. The highest BCUT2D eigenvalue weighted by Crippen LogP contribution is 2.29. The van der Waals surface area contributed by atoms with Gasteiger partial charge in [0.1, 0.15) is 0 Å². The second-order valence-corrected chi connectivity index (χ2v) is 6.43. The number of benzene rings is 2. The summed E-state index contributed by atoms with van der Waals surface area (Å²) >= 11 is 5.12. The third-order valence-corrected chi connectivity index (χ3v) is 4.92. The van der Waals surface area contributed by atoms with Crippen molar-refractivity contribution in [2.75, 3.05) is 0 Å². The van der Waals surface area contributed by atoms with Crippen LogP contribution in [0.5, 0.6) is 0 Å². The molecule has 1 atom stereocenters. The van der Waals surface area contributed by atoms with E-state index in [2.05, 4.69) is 40.2 Å². The Morgan fingerprint density at radius 1 is 1.11 bits per heavy atom. The van der Waals surface area contributed by atoms with Crippen LogP contribution in [0.25, 0.3) is 10.8 Å². The molecule has 19 heavy (non-hydrogen) atoms. The molecular formula is C16H13BrOS. The minimum atomic E-state index is -0.461. The third kappa shape index (κ3) is 2.73. The largest absolute Gasteiger partial charge is 0.388 e. The Hall–Kier alpha value is -1.16. The summed E-state index contributed by atoms with van der Waals surface area (Å²) in [6, 6.07) is 16.3. The molecule has 0 saturated carbocycles. The minimum absolute atomic E-state index is 0.461. The molecule has 0 bridgehead atoms. The van der Waals surface area contributed by atoms with E-state index in [0.29, 0.717) is 6.42 Å². The van der Waals surface area contributed by atoms with Crippen LogP contribution in [-0.4, -0.2) is 5.11 Å². The summed E-state index contributed by atoms with van der Waals surface area (Å²) in [6.07, 6.45) is 0.196. The Morgan fingerprint density at radius 2 is 1.89 bits per heavy atom. The third-order valence-electron chi connectivity index (χ3n) is 3.20. The van der Waals surface area contributed by atoms with Crippen LogP contribution in [-0.2, 0) is 6.42 Å². The van der Waals surface area contributed by atoms with Crippen LogP contribution in [0, 0.1) is 0 Å². The van der Waals surface area contributed by atoms with Gasteiger partial charge in [0.2, 0.25) is 0 Å². The van der Waals surface area contributed by atoms with Crippen molar-refractivity contribution in [1.82, 2.24) is 0 Å². The average Bonchev–Trinajstić information content (AvgIpc) is 2.83. The van der Waals surface area contributed by atoms with E-state index in [-0.39, 0.29) is 0 Å². The van der Waals surface area contributed by atoms with Crippen LogP contribution in [0.1, 0.15) is 16.5 Å². The van der Waals surface area contributed by atoms with Crippen LogP contribution < -0.4 is 0 Å². The van der Waals surface area contributed by atoms with Gasteiger partial charge >= 0.3 is 0 Å². The van der Waals surface area contributed by atoms with Crippen molar-refractivity contribution < 1.29 is 5.11 Å². The predicted octanol–water partition coefficient (Wildman–Crippen LogP) is 4.94. The van der Waals surface area contributed by atoms with Crippen molar-refractivity contribution in [1.29, 1.82) is 0 Å². The predicted molar refractivity (Wildman–Crippen MR) is 84.6 cm³/mol. The highest BCUT2D eigenvalue weighted by atomic mass is 79.9. The molecule has 0 saturated heterocycles. The van der Waals surface area contributed by atoms with Crippen molar-refractivity contribution in [2.45, 2.75) is 12.5 Å². The lowest BCUT2D eigenvalue weighted by molar-refractivity contribution is 0.181. The van der Waals surface area contributed by atoms with Gasteiger partial charge in [0, 0.05) is 21.2 Å². The molecular weight excluding hydrogens is 320 g/mol. The van der Waals surface area contributed by atoms with Crippen molar-refractivity contribution >= 4 is 38.0 Å². The molecule has 1 N–H and O–H groups in total. The highest BCUT2D eigenvalue weighted by molar-refractivity contribution is 9.10. The van der Waals surface area contributed by atoms with E-state index in [1.54, 1.807) is 11.3 Å². The molecule has 0 fully saturated rings. The Bertz CT molecular complexity index is 699. The number of rotatable bonds is 3. The van der Waals surface area contributed by atoms with Gasteiger partial charge in [-0.15, -0.1) is 11.3 Å². The molecule has 3 rings (SSSR count). The zero-order valence-electron chi connectivity index (χ0n) is 10.2. The molecule has 3 heteroatoms. The lowest BCUT2D eigenvalue weighted by atomic mass is 9.98. The maximum Gasteiger partial charge on any atom is 0.0844 e. The van der Waals surface area contributed by atoms with Gasteiger partial charge in [-0.25, -0.2) is 0 Å². The zero-order chi connectivity index (χ0) is 13.2. The molecule has 1 nitrogen and oxygen atoms in total. The zero-order valence-corrected chi connectivity index (χ0v) is 12.6. The van der Waals surface area contributed by atoms with E-state index in [0.717, 1.165) is 15.4 Å². The molecule has 0 aliphatic rings. The maximum absolute atomic E-state index is 10.5. The molecule has 0 aliphatic heterocycles. The van der Waals surface area contributed by atoms with Gasteiger partial charge in [-0.05, 0) is 38.3 Å². The van der Waals surface area contributed by atoms with Gasteiger partial charge in [-0.1, -0.05) is 42.5 Å². The van der Waals surface area contributed by atoms with E-state index in [1.807, 2.05) is 29.6 Å². The minimum Gasteiger partial charge on any atom is -0.388 e. The number of aliphatic hydroxyl groups excluding tert-OH is 1. The first-order valence-corrected chi connectivity index (χ1v) is 7.80. The summed E-state index contributed by atoms with van der Waals surface area (Å²) in [5, 5.41) is 14.8. The monoisotopic (exact) mass is 332 g/mol. The molecule has 3 aromatic rings. The fraction of sp³-hybridized carbons (Fsp3) is 0.125. The number of fused-ring (bicyclic) bond motifs is 1. The van der Waals surface area contributed by atoms with Gasteiger partial charge < -0.3 is 5.11 Å². The molecule has 1 unspecified atom stereocenters. The Labute approximate surface area is 124 Å². The lowest BCUT2D eigenvalue weighted by Gasteiger charge is -2.12. The van der Waals surface area contributed by atoms with E-state index >= 15 is 0 Å². The van der Waals surface area contributed by atoms with Gasteiger partial charge in [-0.3, -0.25) is 0 Å². The van der Waals surface area contributed by atoms with Crippen molar-refractivity contribution in [2.24, 2.45) is 0 Å². The maximum atomic E-state index is 10.5. The van der Waals surface area contributed by atoms with Crippen LogP contribution in [0.15, 0.2) is 58.4 Å². The van der Waals surface area contributed by atoms with Gasteiger partial charge in [0.25, 0.3) is 0 Å². The fourth-order valence-corrected chi connectivity index (χ4v) is 3.79. The number of thiophene rings is 1. The molecule has 0 radical (unpaired) electrons. The smallest absolute Gasteiger partial charge is 0.0844 e. The van der Waals surface area contributed by atoms with Crippen molar-refractivity contribution in [3.8, 4) is 0 Å². The number of hydrogen-bond donors (Lipinski definition) is 1. The van der Waals surface area contributed by atoms with E-state index in [9.17, 15) is 5.11 Å². The van der Waals surface area contributed by atoms with Gasteiger partial charge in [0.05, 0.1) is 6.10 Å². The van der Waals surface area contributed by atoms with Gasteiger partial charge in [0.15, 0.2) is 0 Å². The Morgan fingerprint density at radius 3 is 2.68 bits per heavy atom. The summed E-state index contributed by atoms with van der Waals surface area (Å²) in [5.74, 6) is 0. The van der Waals surface area contributed by atoms with Crippen LogP contribution in [0.4, 0.5) is 0 Å². The summed E-state index contributed by atoms with van der Waals surface area (Å²) in [4.78, 5) is 1.19. The average molecular weight is 333 g/mol. The van der Waals surface area contributed by atoms with E-state index < -0.39 is 6.10 Å². The first-order chi connectivity index (χ1) is 9.24. The molecule has 0 aliphatic carbocycles. The molecule has 2 aromatic carbocycles. The highest BCUT2D eigenvalue weighted by Gasteiger charge is 2.12. The molecule has 0 spiro atoms. The van der Waals surface area contributed by atoms with E-state index in [1.165, 1.54) is 10.3 Å². The second-order valence-electron chi connectivity index (χ2n) is 4.52. The fourth-order valence-electron chi connectivity index (χ4n) is 2.30. The van der Waals surface area contributed by atoms with E-state index in [4.69, 9.17) is 0 Å². The number of hydrogen-bond acceptors (Lipinski definition) is 2. The first-order valence-electron chi connectivity index (χ1n) is 6.12. The molecule has 96 valence electrons. The number of aliphatic hydroxyl groups is 1. The van der Waals surface area contributed by atoms with Crippen molar-refractivity contribution in [3.05, 3.63) is 68.8 Å². The van der Waals surface area contributed by atoms with Crippen LogP contribution in [0.3, 0.4) is 0 Å². The van der Waals surface area contributed by atoms with Crippen LogP contribution >= 0.6 is 27.3 Å². The quantitative estimate of drug-likeness (QED) is 0.720. The SMILES string of the molecule is OC(Cc1cc(Br)cs1)c1cccc2ccccc12. The Kier molecular flexibility index (Phi) is 3.69. The van der Waals surface area contributed by atoms with Crippen molar-refractivity contribution in [3.63, 3.8) is 0 Å².